The lowest BCUT2D eigenvalue weighted by molar-refractivity contribution is -0.133. The Labute approximate surface area is 95.4 Å². The summed E-state index contributed by atoms with van der Waals surface area (Å²) < 4.78 is 6.32. The average molecular weight is 361 g/mol. The van der Waals surface area contributed by atoms with Gasteiger partial charge in [0, 0.05) is 0 Å². The van der Waals surface area contributed by atoms with Crippen molar-refractivity contribution < 1.29 is 9.53 Å². The molecule has 0 aromatic rings. The highest BCUT2D eigenvalue weighted by Gasteiger charge is 2.28. The van der Waals surface area contributed by atoms with Gasteiger partial charge >= 0.3 is 5.97 Å². The van der Waals surface area contributed by atoms with E-state index in [2.05, 4.69) is 47.8 Å². The zero-order valence-electron chi connectivity index (χ0n) is 6.16. The summed E-state index contributed by atoms with van der Waals surface area (Å²) >= 11 is 9.65. The smallest absolute Gasteiger partial charge is 0.340 e. The van der Waals surface area contributed by atoms with Crippen LogP contribution in [0.3, 0.4) is 0 Å². The van der Waals surface area contributed by atoms with Gasteiger partial charge in [-0.15, -0.1) is 0 Å². The quantitative estimate of drug-likeness (QED) is 0.668. The SMILES string of the molecule is CCC1=C(Br)C(=C(Br)Br)OC1=O. The van der Waals surface area contributed by atoms with E-state index in [0.717, 1.165) is 4.48 Å². The molecule has 0 N–H and O–H groups in total. The number of hydrogen-bond acceptors (Lipinski definition) is 2. The van der Waals surface area contributed by atoms with E-state index in [0.29, 0.717) is 21.1 Å². The Bertz CT molecular complexity index is 287. The molecule has 12 heavy (non-hydrogen) atoms. The van der Waals surface area contributed by atoms with Crippen molar-refractivity contribution in [2.75, 3.05) is 0 Å². The highest BCUT2D eigenvalue weighted by Crippen LogP contribution is 2.37. The molecule has 1 rings (SSSR count). The monoisotopic (exact) mass is 358 g/mol. The number of carbonyl (C=O) groups excluding carboxylic acids is 1. The third-order valence-electron chi connectivity index (χ3n) is 1.43. The molecular weight excluding hydrogens is 356 g/mol. The Balaban J connectivity index is 3.14. The molecule has 0 unspecified atom stereocenters. The van der Waals surface area contributed by atoms with Gasteiger partial charge in [0.1, 0.15) is 3.39 Å². The lowest BCUT2D eigenvalue weighted by atomic mass is 10.2. The third kappa shape index (κ3) is 1.83. The molecule has 0 aliphatic carbocycles. The van der Waals surface area contributed by atoms with Gasteiger partial charge in [0.2, 0.25) is 0 Å². The summed E-state index contributed by atoms with van der Waals surface area (Å²) in [6, 6.07) is 0. The number of hydrogen-bond donors (Lipinski definition) is 0. The molecule has 1 aliphatic rings. The zero-order valence-corrected chi connectivity index (χ0v) is 10.9. The van der Waals surface area contributed by atoms with Crippen LogP contribution in [0.2, 0.25) is 0 Å². The van der Waals surface area contributed by atoms with Gasteiger partial charge in [-0.1, -0.05) is 6.92 Å². The van der Waals surface area contributed by atoms with E-state index in [9.17, 15) is 4.79 Å². The summed E-state index contributed by atoms with van der Waals surface area (Å²) in [5, 5.41) is 0. The molecule has 2 nitrogen and oxygen atoms in total. The number of rotatable bonds is 1. The predicted octanol–water partition coefficient (Wildman–Crippen LogP) is 3.56. The van der Waals surface area contributed by atoms with Gasteiger partial charge in [-0.3, -0.25) is 0 Å². The second-order valence-corrected chi connectivity index (χ2v) is 5.57. The number of allylic oxidation sites excluding steroid dienone is 1. The van der Waals surface area contributed by atoms with E-state index in [1.165, 1.54) is 0 Å². The van der Waals surface area contributed by atoms with Crippen LogP contribution in [0.15, 0.2) is 19.2 Å². The van der Waals surface area contributed by atoms with Crippen molar-refractivity contribution in [2.24, 2.45) is 0 Å². The van der Waals surface area contributed by atoms with E-state index in [1.54, 1.807) is 0 Å². The van der Waals surface area contributed by atoms with E-state index in [1.807, 2.05) is 6.92 Å². The summed E-state index contributed by atoms with van der Waals surface area (Å²) in [6.07, 6.45) is 0.663. The summed E-state index contributed by atoms with van der Waals surface area (Å²) in [6.45, 7) is 1.91. The summed E-state index contributed by atoms with van der Waals surface area (Å²) in [4.78, 5) is 11.1. The lowest BCUT2D eigenvalue weighted by Gasteiger charge is -1.95. The lowest BCUT2D eigenvalue weighted by Crippen LogP contribution is -1.97. The van der Waals surface area contributed by atoms with Gasteiger partial charge in [-0.2, -0.15) is 0 Å². The molecule has 0 amide bonds. The van der Waals surface area contributed by atoms with Gasteiger partial charge in [0.25, 0.3) is 0 Å². The minimum absolute atomic E-state index is 0.282. The molecule has 0 aromatic carbocycles. The van der Waals surface area contributed by atoms with Crippen LogP contribution in [0, 0.1) is 0 Å². The van der Waals surface area contributed by atoms with Gasteiger partial charge in [0.15, 0.2) is 5.76 Å². The fourth-order valence-electron chi connectivity index (χ4n) is 0.847. The summed E-state index contributed by atoms with van der Waals surface area (Å²) in [7, 11) is 0. The van der Waals surface area contributed by atoms with E-state index < -0.39 is 0 Å². The Kier molecular flexibility index (Phi) is 3.55. The highest BCUT2D eigenvalue weighted by atomic mass is 79.9. The standard InChI is InChI=1S/C7H5Br3O2/c1-2-3-4(8)5(6(9)10)12-7(3)11/h2H2,1H3. The number of ether oxygens (including phenoxy) is 1. The summed E-state index contributed by atoms with van der Waals surface area (Å²) in [5.74, 6) is 0.229. The topological polar surface area (TPSA) is 26.3 Å². The fraction of sp³-hybridized carbons (Fsp3) is 0.286. The average Bonchev–Trinajstić information content (AvgIpc) is 2.27. The maximum absolute atomic E-state index is 11.1. The van der Waals surface area contributed by atoms with Gasteiger partial charge in [-0.25, -0.2) is 4.79 Å². The Morgan fingerprint density at radius 3 is 2.33 bits per heavy atom. The molecule has 0 aromatic heterocycles. The van der Waals surface area contributed by atoms with Crippen molar-refractivity contribution in [1.82, 2.24) is 0 Å². The number of esters is 1. The van der Waals surface area contributed by atoms with Crippen LogP contribution in [0.1, 0.15) is 13.3 Å². The van der Waals surface area contributed by atoms with Gasteiger partial charge in [0.05, 0.1) is 10.1 Å². The molecular formula is C7H5Br3O2. The number of halogens is 3. The van der Waals surface area contributed by atoms with Crippen LogP contribution >= 0.6 is 47.8 Å². The van der Waals surface area contributed by atoms with Crippen LogP contribution in [-0.4, -0.2) is 5.97 Å². The maximum Gasteiger partial charge on any atom is 0.340 e. The molecule has 66 valence electrons. The molecule has 0 saturated carbocycles. The molecule has 1 aliphatic heterocycles. The molecule has 0 bridgehead atoms. The van der Waals surface area contributed by atoms with Crippen molar-refractivity contribution in [1.29, 1.82) is 0 Å². The predicted molar refractivity (Wildman–Crippen MR) is 57.2 cm³/mol. The third-order valence-corrected chi connectivity index (χ3v) is 2.99. The van der Waals surface area contributed by atoms with E-state index >= 15 is 0 Å². The van der Waals surface area contributed by atoms with Crippen molar-refractivity contribution in [2.45, 2.75) is 13.3 Å². The molecule has 0 radical (unpaired) electrons. The Morgan fingerprint density at radius 2 is 2.08 bits per heavy atom. The van der Waals surface area contributed by atoms with Crippen LogP contribution in [0.4, 0.5) is 0 Å². The summed E-state index contributed by atoms with van der Waals surface area (Å²) in [5.41, 5.74) is 0.668. The highest BCUT2D eigenvalue weighted by molar-refractivity contribution is 9.28. The van der Waals surface area contributed by atoms with E-state index in [4.69, 9.17) is 4.74 Å². The van der Waals surface area contributed by atoms with Gasteiger partial charge < -0.3 is 4.74 Å². The normalized spacial score (nSPS) is 17.0. The first-order valence-electron chi connectivity index (χ1n) is 3.24. The first-order chi connectivity index (χ1) is 5.57. The number of cyclic esters (lactones) is 1. The maximum atomic E-state index is 11.1. The fourth-order valence-corrected chi connectivity index (χ4v) is 2.66. The van der Waals surface area contributed by atoms with Crippen molar-refractivity contribution >= 4 is 53.8 Å². The second-order valence-electron chi connectivity index (χ2n) is 2.13. The molecule has 1 heterocycles. The minimum atomic E-state index is -0.282. The Morgan fingerprint density at radius 1 is 1.50 bits per heavy atom. The molecule has 0 fully saturated rings. The van der Waals surface area contributed by atoms with Crippen LogP contribution in [-0.2, 0) is 9.53 Å². The second kappa shape index (κ2) is 4.07. The molecule has 0 atom stereocenters. The van der Waals surface area contributed by atoms with Crippen LogP contribution < -0.4 is 0 Å². The van der Waals surface area contributed by atoms with E-state index in [-0.39, 0.29) is 5.97 Å². The van der Waals surface area contributed by atoms with Crippen LogP contribution in [0.25, 0.3) is 0 Å². The van der Waals surface area contributed by atoms with Crippen molar-refractivity contribution in [3.8, 4) is 0 Å². The van der Waals surface area contributed by atoms with Crippen LogP contribution in [0.5, 0.6) is 0 Å². The first-order valence-corrected chi connectivity index (χ1v) is 5.62. The minimum Gasteiger partial charge on any atom is -0.420 e. The number of carbonyl (C=O) groups is 1. The Hall–Kier alpha value is 0.390. The first kappa shape index (κ1) is 10.5. The largest absolute Gasteiger partial charge is 0.420 e. The van der Waals surface area contributed by atoms with Crippen molar-refractivity contribution in [3.05, 3.63) is 19.2 Å². The molecule has 5 heteroatoms. The molecule has 0 spiro atoms. The van der Waals surface area contributed by atoms with Crippen molar-refractivity contribution in [3.63, 3.8) is 0 Å². The zero-order chi connectivity index (χ0) is 9.30. The molecule has 0 saturated heterocycles. The van der Waals surface area contributed by atoms with Gasteiger partial charge in [-0.05, 0) is 54.2 Å².